The van der Waals surface area contributed by atoms with Gasteiger partial charge in [0, 0.05) is 33.2 Å². The van der Waals surface area contributed by atoms with E-state index in [9.17, 15) is 0 Å². The zero-order chi connectivity index (χ0) is 30.5. The van der Waals surface area contributed by atoms with Crippen molar-refractivity contribution >= 4 is 60.5 Å². The Bertz CT molecular complexity index is 2510. The highest BCUT2D eigenvalue weighted by Gasteiger charge is 2.17. The maximum Gasteiger partial charge on any atom is 0.143 e. The van der Waals surface area contributed by atoms with Gasteiger partial charge in [-0.25, -0.2) is 0 Å². The molecule has 216 valence electrons. The zero-order valence-corrected chi connectivity index (χ0v) is 25.1. The minimum atomic E-state index is 0.916. The lowest BCUT2D eigenvalue weighted by atomic mass is 9.95. The average Bonchev–Trinajstić information content (AvgIpc) is 3.51. The Hall–Kier alpha value is -6.12. The van der Waals surface area contributed by atoms with E-state index in [1.165, 1.54) is 38.4 Å². The fraction of sp³-hybridized carbons (Fsp3) is 0. The lowest BCUT2D eigenvalue weighted by molar-refractivity contribution is 0.672. The predicted molar refractivity (Wildman–Crippen MR) is 194 cm³/mol. The molecule has 0 saturated heterocycles. The molecule has 2 nitrogen and oxygen atoms in total. The third kappa shape index (κ3) is 4.43. The maximum absolute atomic E-state index is 6.37. The topological polar surface area (TPSA) is 16.4 Å². The number of hydrogen-bond donors (Lipinski definition) is 0. The molecule has 46 heavy (non-hydrogen) atoms. The number of para-hydroxylation sites is 1. The van der Waals surface area contributed by atoms with E-state index >= 15 is 0 Å². The smallest absolute Gasteiger partial charge is 0.143 e. The zero-order valence-electron chi connectivity index (χ0n) is 25.1. The van der Waals surface area contributed by atoms with Gasteiger partial charge < -0.3 is 9.32 Å². The summed E-state index contributed by atoms with van der Waals surface area (Å²) in [7, 11) is 0. The van der Waals surface area contributed by atoms with E-state index in [4.69, 9.17) is 4.42 Å². The van der Waals surface area contributed by atoms with Crippen LogP contribution in [-0.4, -0.2) is 0 Å². The van der Waals surface area contributed by atoms with E-state index in [1.807, 2.05) is 12.1 Å². The molecule has 1 aromatic heterocycles. The number of fused-ring (bicyclic) bond motifs is 6. The highest BCUT2D eigenvalue weighted by Crippen LogP contribution is 2.42. The van der Waals surface area contributed by atoms with E-state index in [2.05, 4.69) is 169 Å². The van der Waals surface area contributed by atoms with Crippen LogP contribution in [0.1, 0.15) is 0 Å². The molecule has 9 aromatic rings. The van der Waals surface area contributed by atoms with Crippen molar-refractivity contribution in [1.82, 2.24) is 0 Å². The van der Waals surface area contributed by atoms with Crippen LogP contribution in [0.3, 0.4) is 0 Å². The van der Waals surface area contributed by atoms with Crippen LogP contribution in [0.2, 0.25) is 0 Å². The standard InChI is InChI=1S/C44H29NO/c1-2-10-30(11-3-1)32-18-23-35(24-19-32)45(37-27-20-31-12-4-5-13-34(31)28-37)36-25-21-33(22-26-36)41-29-42-39-15-8-9-17-43(39)46-44(42)40-16-7-6-14-38(40)41/h1-29H. The molecule has 1 heterocycles. The van der Waals surface area contributed by atoms with E-state index in [0.717, 1.165) is 44.4 Å². The Morgan fingerprint density at radius 3 is 1.67 bits per heavy atom. The van der Waals surface area contributed by atoms with E-state index < -0.39 is 0 Å². The van der Waals surface area contributed by atoms with Crippen LogP contribution >= 0.6 is 0 Å². The van der Waals surface area contributed by atoms with Gasteiger partial charge in [-0.3, -0.25) is 0 Å². The molecular formula is C44H29NO. The summed E-state index contributed by atoms with van der Waals surface area (Å²) in [5, 5.41) is 7.05. The van der Waals surface area contributed by atoms with Crippen LogP contribution in [-0.2, 0) is 0 Å². The number of nitrogens with zero attached hydrogens (tertiary/aromatic N) is 1. The molecule has 0 unspecified atom stereocenters. The van der Waals surface area contributed by atoms with Crippen molar-refractivity contribution in [3.05, 3.63) is 176 Å². The normalized spacial score (nSPS) is 11.5. The van der Waals surface area contributed by atoms with Gasteiger partial charge in [0.25, 0.3) is 0 Å². The predicted octanol–water partition coefficient (Wildman–Crippen LogP) is 12.7. The lowest BCUT2D eigenvalue weighted by Gasteiger charge is -2.26. The van der Waals surface area contributed by atoms with Crippen LogP contribution in [0.5, 0.6) is 0 Å². The van der Waals surface area contributed by atoms with Gasteiger partial charge in [0.1, 0.15) is 11.2 Å². The minimum absolute atomic E-state index is 0.916. The second-order valence-electron chi connectivity index (χ2n) is 11.8. The van der Waals surface area contributed by atoms with Crippen molar-refractivity contribution in [2.24, 2.45) is 0 Å². The highest BCUT2D eigenvalue weighted by atomic mass is 16.3. The Morgan fingerprint density at radius 2 is 0.913 bits per heavy atom. The molecule has 2 heteroatoms. The van der Waals surface area contributed by atoms with Gasteiger partial charge in [0.05, 0.1) is 0 Å². The Kier molecular flexibility index (Phi) is 6.17. The number of hydrogen-bond acceptors (Lipinski definition) is 2. The van der Waals surface area contributed by atoms with Crippen molar-refractivity contribution in [3.63, 3.8) is 0 Å². The first kappa shape index (κ1) is 26.3. The summed E-state index contributed by atoms with van der Waals surface area (Å²) >= 11 is 0. The molecule has 0 fully saturated rings. The SMILES string of the molecule is c1ccc(-c2ccc(N(c3ccc(-c4cc5c6ccccc6oc5c5ccccc45)cc3)c3ccc4ccccc4c3)cc2)cc1. The van der Waals surface area contributed by atoms with Gasteiger partial charge >= 0.3 is 0 Å². The first-order valence-electron chi connectivity index (χ1n) is 15.7. The molecule has 0 amide bonds. The molecule has 0 aliphatic carbocycles. The molecule has 0 atom stereocenters. The van der Waals surface area contributed by atoms with E-state index in [0.29, 0.717) is 0 Å². The molecule has 0 saturated carbocycles. The van der Waals surface area contributed by atoms with Gasteiger partial charge in [-0.1, -0.05) is 127 Å². The quantitative estimate of drug-likeness (QED) is 0.199. The first-order chi connectivity index (χ1) is 22.8. The first-order valence-corrected chi connectivity index (χ1v) is 15.7. The summed E-state index contributed by atoms with van der Waals surface area (Å²) in [6.45, 7) is 0. The third-order valence-electron chi connectivity index (χ3n) is 9.04. The summed E-state index contributed by atoms with van der Waals surface area (Å²) in [5.41, 5.74) is 9.98. The van der Waals surface area contributed by atoms with Gasteiger partial charge in [0.15, 0.2) is 0 Å². The number of anilines is 3. The fourth-order valence-corrected chi connectivity index (χ4v) is 6.77. The summed E-state index contributed by atoms with van der Waals surface area (Å²) < 4.78 is 6.37. The van der Waals surface area contributed by atoms with Gasteiger partial charge in [-0.05, 0) is 86.9 Å². The second-order valence-corrected chi connectivity index (χ2v) is 11.8. The highest BCUT2D eigenvalue weighted by molar-refractivity contribution is 6.19. The Morgan fingerprint density at radius 1 is 0.348 bits per heavy atom. The molecule has 0 aliphatic heterocycles. The van der Waals surface area contributed by atoms with Crippen LogP contribution in [0.4, 0.5) is 17.1 Å². The number of benzene rings is 8. The van der Waals surface area contributed by atoms with Gasteiger partial charge in [0.2, 0.25) is 0 Å². The summed E-state index contributed by atoms with van der Waals surface area (Å²) in [6, 6.07) is 62.8. The third-order valence-corrected chi connectivity index (χ3v) is 9.04. The van der Waals surface area contributed by atoms with Crippen LogP contribution in [0.25, 0.3) is 65.7 Å². The molecule has 0 bridgehead atoms. The summed E-state index contributed by atoms with van der Waals surface area (Å²) in [5.74, 6) is 0. The van der Waals surface area contributed by atoms with Crippen molar-refractivity contribution in [1.29, 1.82) is 0 Å². The van der Waals surface area contributed by atoms with Crippen LogP contribution < -0.4 is 4.90 Å². The summed E-state index contributed by atoms with van der Waals surface area (Å²) in [6.07, 6.45) is 0. The molecular weight excluding hydrogens is 558 g/mol. The minimum Gasteiger partial charge on any atom is -0.455 e. The lowest BCUT2D eigenvalue weighted by Crippen LogP contribution is -2.09. The number of rotatable bonds is 5. The van der Waals surface area contributed by atoms with Crippen molar-refractivity contribution < 1.29 is 4.42 Å². The Labute approximate surface area is 267 Å². The molecule has 0 radical (unpaired) electrons. The molecule has 9 rings (SSSR count). The van der Waals surface area contributed by atoms with Gasteiger partial charge in [-0.2, -0.15) is 0 Å². The summed E-state index contributed by atoms with van der Waals surface area (Å²) in [4.78, 5) is 2.34. The maximum atomic E-state index is 6.37. The van der Waals surface area contributed by atoms with Gasteiger partial charge in [-0.15, -0.1) is 0 Å². The molecule has 0 aliphatic rings. The van der Waals surface area contributed by atoms with Crippen molar-refractivity contribution in [2.45, 2.75) is 0 Å². The largest absolute Gasteiger partial charge is 0.455 e. The monoisotopic (exact) mass is 587 g/mol. The Balaban J connectivity index is 1.18. The molecule has 0 N–H and O–H groups in total. The average molecular weight is 588 g/mol. The van der Waals surface area contributed by atoms with E-state index in [1.54, 1.807) is 0 Å². The van der Waals surface area contributed by atoms with E-state index in [-0.39, 0.29) is 0 Å². The van der Waals surface area contributed by atoms with Crippen molar-refractivity contribution in [3.8, 4) is 22.3 Å². The van der Waals surface area contributed by atoms with Crippen molar-refractivity contribution in [2.75, 3.05) is 4.90 Å². The van der Waals surface area contributed by atoms with Crippen LogP contribution in [0, 0.1) is 0 Å². The molecule has 0 spiro atoms. The van der Waals surface area contributed by atoms with Crippen LogP contribution in [0.15, 0.2) is 180 Å². The second kappa shape index (κ2) is 10.8. The fourth-order valence-electron chi connectivity index (χ4n) is 6.77. The molecule has 8 aromatic carbocycles. The number of furan rings is 1.